The molecule has 0 unspecified atom stereocenters. The highest BCUT2D eigenvalue weighted by atomic mass is 16.5. The summed E-state index contributed by atoms with van der Waals surface area (Å²) in [5.74, 6) is -0.545. The number of nitrogens with one attached hydrogen (secondary N) is 2. The fourth-order valence-electron chi connectivity index (χ4n) is 1.49. The molecule has 1 aromatic carbocycles. The summed E-state index contributed by atoms with van der Waals surface area (Å²) in [5, 5.41) is 11.9. The van der Waals surface area contributed by atoms with Crippen molar-refractivity contribution in [2.75, 3.05) is 5.32 Å². The van der Waals surface area contributed by atoms with Crippen molar-refractivity contribution in [1.82, 2.24) is 5.48 Å². The molecular formula is C15H18N2O2. The zero-order valence-electron chi connectivity index (χ0n) is 11.1. The Morgan fingerprint density at radius 3 is 2.58 bits per heavy atom. The summed E-state index contributed by atoms with van der Waals surface area (Å²) in [4.78, 5) is 11.5. The molecule has 0 aliphatic rings. The second-order valence-corrected chi connectivity index (χ2v) is 3.74. The van der Waals surface area contributed by atoms with Gasteiger partial charge < -0.3 is 5.32 Å². The van der Waals surface area contributed by atoms with Gasteiger partial charge in [0.15, 0.2) is 0 Å². The standard InChI is InChI=1S/C15H18N2O2/c1-3-5-6-9-12(4-2)16-14-11-8-7-10-13(14)15(18)17-19/h3-11,16,19H,1-2H3,(H,17,18)/b5-3-,9-6-,12-4+. The van der Waals surface area contributed by atoms with Crippen molar-refractivity contribution in [3.8, 4) is 0 Å². The van der Waals surface area contributed by atoms with Crippen LogP contribution in [0, 0.1) is 0 Å². The largest absolute Gasteiger partial charge is 0.355 e. The van der Waals surface area contributed by atoms with E-state index in [1.54, 1.807) is 23.7 Å². The molecule has 1 amide bonds. The van der Waals surface area contributed by atoms with Gasteiger partial charge in [0.2, 0.25) is 0 Å². The summed E-state index contributed by atoms with van der Waals surface area (Å²) in [6.45, 7) is 3.84. The molecule has 100 valence electrons. The van der Waals surface area contributed by atoms with E-state index in [1.165, 1.54) is 0 Å². The Labute approximate surface area is 113 Å². The lowest BCUT2D eigenvalue weighted by Crippen LogP contribution is -2.20. The first-order valence-electron chi connectivity index (χ1n) is 5.99. The lowest BCUT2D eigenvalue weighted by molar-refractivity contribution is 0.0707. The van der Waals surface area contributed by atoms with E-state index >= 15 is 0 Å². The average molecular weight is 258 g/mol. The van der Waals surface area contributed by atoms with Crippen molar-refractivity contribution in [2.24, 2.45) is 0 Å². The van der Waals surface area contributed by atoms with Crippen molar-refractivity contribution in [2.45, 2.75) is 13.8 Å². The van der Waals surface area contributed by atoms with Gasteiger partial charge in [-0.2, -0.15) is 0 Å². The van der Waals surface area contributed by atoms with E-state index in [0.29, 0.717) is 11.3 Å². The van der Waals surface area contributed by atoms with Crippen molar-refractivity contribution in [3.63, 3.8) is 0 Å². The minimum absolute atomic E-state index is 0.379. The summed E-state index contributed by atoms with van der Waals surface area (Å²) >= 11 is 0. The summed E-state index contributed by atoms with van der Waals surface area (Å²) in [5.41, 5.74) is 3.51. The molecule has 0 heterocycles. The molecule has 4 nitrogen and oxygen atoms in total. The van der Waals surface area contributed by atoms with E-state index in [2.05, 4.69) is 5.32 Å². The van der Waals surface area contributed by atoms with Crippen LogP contribution >= 0.6 is 0 Å². The Hall–Kier alpha value is -2.33. The SMILES string of the molecule is C\C=C/C=C\C(=C/C)Nc1ccccc1C(=O)NO. The van der Waals surface area contributed by atoms with Gasteiger partial charge in [0.25, 0.3) is 5.91 Å². The quantitative estimate of drug-likeness (QED) is 0.431. The van der Waals surface area contributed by atoms with Gasteiger partial charge in [0, 0.05) is 5.70 Å². The topological polar surface area (TPSA) is 61.4 Å². The van der Waals surface area contributed by atoms with Crippen LogP contribution < -0.4 is 10.8 Å². The van der Waals surface area contributed by atoms with Crippen LogP contribution in [0.25, 0.3) is 0 Å². The van der Waals surface area contributed by atoms with Gasteiger partial charge in [-0.3, -0.25) is 10.0 Å². The Bertz CT molecular complexity index is 517. The zero-order chi connectivity index (χ0) is 14.1. The van der Waals surface area contributed by atoms with E-state index in [1.807, 2.05) is 50.3 Å². The molecule has 0 aliphatic carbocycles. The highest BCUT2D eigenvalue weighted by molar-refractivity contribution is 5.99. The number of hydroxylamine groups is 1. The molecule has 0 radical (unpaired) electrons. The van der Waals surface area contributed by atoms with Crippen molar-refractivity contribution < 1.29 is 10.0 Å². The van der Waals surface area contributed by atoms with E-state index in [4.69, 9.17) is 5.21 Å². The number of carbonyl (C=O) groups is 1. The van der Waals surface area contributed by atoms with Crippen LogP contribution in [0.5, 0.6) is 0 Å². The lowest BCUT2D eigenvalue weighted by atomic mass is 10.1. The number of benzene rings is 1. The second kappa shape index (κ2) is 7.89. The smallest absolute Gasteiger partial charge is 0.276 e. The van der Waals surface area contributed by atoms with Crippen molar-refractivity contribution >= 4 is 11.6 Å². The van der Waals surface area contributed by atoms with E-state index < -0.39 is 5.91 Å². The molecule has 0 fully saturated rings. The molecule has 0 saturated carbocycles. The molecule has 4 heteroatoms. The molecule has 0 saturated heterocycles. The number of amides is 1. The van der Waals surface area contributed by atoms with Gasteiger partial charge in [-0.05, 0) is 32.1 Å². The molecule has 19 heavy (non-hydrogen) atoms. The third-order valence-corrected chi connectivity index (χ3v) is 2.44. The second-order valence-electron chi connectivity index (χ2n) is 3.74. The fraction of sp³-hybridized carbons (Fsp3) is 0.133. The number of hydrogen-bond acceptors (Lipinski definition) is 3. The van der Waals surface area contributed by atoms with Gasteiger partial charge >= 0.3 is 0 Å². The normalized spacial score (nSPS) is 12.1. The van der Waals surface area contributed by atoms with Crippen LogP contribution in [0.15, 0.2) is 60.3 Å². The minimum Gasteiger partial charge on any atom is -0.355 e. The molecule has 0 aromatic heterocycles. The van der Waals surface area contributed by atoms with Gasteiger partial charge in [-0.15, -0.1) is 0 Å². The monoisotopic (exact) mass is 258 g/mol. The lowest BCUT2D eigenvalue weighted by Gasteiger charge is -2.11. The maximum atomic E-state index is 11.5. The first-order valence-corrected chi connectivity index (χ1v) is 5.99. The van der Waals surface area contributed by atoms with Crippen molar-refractivity contribution in [3.05, 3.63) is 65.9 Å². The van der Waals surface area contributed by atoms with E-state index in [0.717, 1.165) is 5.70 Å². The molecule has 0 atom stereocenters. The molecule has 0 spiro atoms. The Morgan fingerprint density at radius 1 is 1.21 bits per heavy atom. The van der Waals surface area contributed by atoms with Gasteiger partial charge in [-0.1, -0.05) is 36.4 Å². The number of hydrogen-bond donors (Lipinski definition) is 3. The van der Waals surface area contributed by atoms with Crippen LogP contribution in [-0.4, -0.2) is 11.1 Å². The van der Waals surface area contributed by atoms with Crippen LogP contribution in [-0.2, 0) is 0 Å². The first kappa shape index (κ1) is 14.7. The average Bonchev–Trinajstić information content (AvgIpc) is 2.46. The van der Waals surface area contributed by atoms with E-state index in [-0.39, 0.29) is 0 Å². The van der Waals surface area contributed by atoms with Gasteiger partial charge in [0.05, 0.1) is 11.3 Å². The number of para-hydroxylation sites is 1. The predicted octanol–water partition coefficient (Wildman–Crippen LogP) is 3.25. The number of rotatable bonds is 5. The van der Waals surface area contributed by atoms with Gasteiger partial charge in [-0.25, -0.2) is 5.48 Å². The van der Waals surface area contributed by atoms with E-state index in [9.17, 15) is 4.79 Å². The molecule has 0 bridgehead atoms. The zero-order valence-corrected chi connectivity index (χ0v) is 11.1. The fourth-order valence-corrected chi connectivity index (χ4v) is 1.49. The molecule has 3 N–H and O–H groups in total. The summed E-state index contributed by atoms with van der Waals surface area (Å²) in [7, 11) is 0. The number of allylic oxidation sites excluding steroid dienone is 5. The minimum atomic E-state index is -0.545. The van der Waals surface area contributed by atoms with Crippen LogP contribution in [0.3, 0.4) is 0 Å². The van der Waals surface area contributed by atoms with Crippen LogP contribution in [0.4, 0.5) is 5.69 Å². The van der Waals surface area contributed by atoms with Crippen LogP contribution in [0.2, 0.25) is 0 Å². The first-order chi connectivity index (χ1) is 9.22. The maximum absolute atomic E-state index is 11.5. The van der Waals surface area contributed by atoms with Gasteiger partial charge in [0.1, 0.15) is 0 Å². The molecule has 1 aromatic rings. The maximum Gasteiger partial charge on any atom is 0.276 e. The summed E-state index contributed by atoms with van der Waals surface area (Å²) in [6, 6.07) is 6.97. The summed E-state index contributed by atoms with van der Waals surface area (Å²) in [6.07, 6.45) is 9.53. The molecule has 1 rings (SSSR count). The third-order valence-electron chi connectivity index (χ3n) is 2.44. The molecule has 0 aliphatic heterocycles. The van der Waals surface area contributed by atoms with Crippen LogP contribution in [0.1, 0.15) is 24.2 Å². The third kappa shape index (κ3) is 4.44. The Balaban J connectivity index is 2.95. The van der Waals surface area contributed by atoms with Crippen molar-refractivity contribution in [1.29, 1.82) is 0 Å². The highest BCUT2D eigenvalue weighted by Crippen LogP contribution is 2.17. The number of anilines is 1. The Kier molecular flexibility index (Phi) is 6.12. The predicted molar refractivity (Wildman–Crippen MR) is 77.0 cm³/mol. The Morgan fingerprint density at radius 2 is 1.95 bits per heavy atom. The summed E-state index contributed by atoms with van der Waals surface area (Å²) < 4.78 is 0. The number of carbonyl (C=O) groups excluding carboxylic acids is 1. The molecular weight excluding hydrogens is 240 g/mol. The highest BCUT2D eigenvalue weighted by Gasteiger charge is 2.09.